The van der Waals surface area contributed by atoms with Crippen molar-refractivity contribution >= 4 is 15.9 Å². The van der Waals surface area contributed by atoms with E-state index in [-0.39, 0.29) is 0 Å². The van der Waals surface area contributed by atoms with E-state index >= 15 is 0 Å². The van der Waals surface area contributed by atoms with E-state index in [9.17, 15) is 0 Å². The van der Waals surface area contributed by atoms with Crippen molar-refractivity contribution in [1.29, 1.82) is 0 Å². The lowest BCUT2D eigenvalue weighted by atomic mass is 10.2. The molecule has 0 radical (unpaired) electrons. The van der Waals surface area contributed by atoms with Crippen LogP contribution in [0.4, 0.5) is 0 Å². The fourth-order valence-corrected chi connectivity index (χ4v) is 2.90. The van der Waals surface area contributed by atoms with Gasteiger partial charge in [0.05, 0.1) is 12.3 Å². The number of rotatable bonds is 3. The second-order valence-electron chi connectivity index (χ2n) is 4.46. The number of benzene rings is 1. The molecule has 1 aromatic heterocycles. The normalized spacial score (nSPS) is 14.2. The van der Waals surface area contributed by atoms with Gasteiger partial charge in [0.15, 0.2) is 0 Å². The fourth-order valence-electron chi connectivity index (χ4n) is 2.38. The summed E-state index contributed by atoms with van der Waals surface area (Å²) < 4.78 is 8.75. The number of ether oxygens (including phenoxy) is 1. The van der Waals surface area contributed by atoms with Crippen molar-refractivity contribution in [2.75, 3.05) is 13.2 Å². The van der Waals surface area contributed by atoms with Crippen LogP contribution in [0, 0.1) is 0 Å². The second kappa shape index (κ2) is 5.35. The van der Waals surface area contributed by atoms with E-state index in [2.05, 4.69) is 36.9 Å². The minimum absolute atomic E-state index is 0.677. The van der Waals surface area contributed by atoms with Crippen LogP contribution < -0.4 is 10.1 Å². The number of hydrogen-bond donors (Lipinski definition) is 1. The third kappa shape index (κ3) is 2.40. The molecule has 1 aromatic carbocycles. The van der Waals surface area contributed by atoms with Gasteiger partial charge in [-0.15, -0.1) is 0 Å². The Hall–Kier alpha value is -1.33. The summed E-state index contributed by atoms with van der Waals surface area (Å²) >= 11 is 3.55. The Morgan fingerprint density at radius 2 is 2.37 bits per heavy atom. The van der Waals surface area contributed by atoms with Gasteiger partial charge < -0.3 is 14.6 Å². The van der Waals surface area contributed by atoms with Crippen LogP contribution in [0.2, 0.25) is 0 Å². The molecule has 2 heterocycles. The number of nitrogens with zero attached hydrogens (tertiary/aromatic N) is 2. The Labute approximate surface area is 120 Å². The molecular formula is C14H16BrN3O. The molecule has 0 spiro atoms. The molecule has 0 amide bonds. The topological polar surface area (TPSA) is 39.1 Å². The van der Waals surface area contributed by atoms with E-state index in [0.717, 1.165) is 41.4 Å². The van der Waals surface area contributed by atoms with Crippen molar-refractivity contribution in [2.45, 2.75) is 20.0 Å². The van der Waals surface area contributed by atoms with Gasteiger partial charge in [-0.3, -0.25) is 0 Å². The molecular weight excluding hydrogens is 306 g/mol. The van der Waals surface area contributed by atoms with Crippen LogP contribution in [0.3, 0.4) is 0 Å². The van der Waals surface area contributed by atoms with Crippen LogP contribution in [-0.2, 0) is 13.1 Å². The zero-order chi connectivity index (χ0) is 13.2. The van der Waals surface area contributed by atoms with Gasteiger partial charge in [-0.2, -0.15) is 0 Å². The summed E-state index contributed by atoms with van der Waals surface area (Å²) in [5.41, 5.74) is 2.31. The van der Waals surface area contributed by atoms with E-state index in [4.69, 9.17) is 4.74 Å². The van der Waals surface area contributed by atoms with E-state index in [1.807, 2.05) is 25.1 Å². The van der Waals surface area contributed by atoms with Crippen molar-refractivity contribution < 1.29 is 4.74 Å². The molecule has 5 heteroatoms. The third-order valence-corrected chi connectivity index (χ3v) is 3.87. The third-order valence-electron chi connectivity index (χ3n) is 3.23. The first kappa shape index (κ1) is 12.7. The summed E-state index contributed by atoms with van der Waals surface area (Å²) in [4.78, 5) is 4.65. The van der Waals surface area contributed by atoms with Gasteiger partial charge in [0.1, 0.15) is 16.2 Å². The highest BCUT2D eigenvalue weighted by atomic mass is 79.9. The Morgan fingerprint density at radius 1 is 1.47 bits per heavy atom. The zero-order valence-electron chi connectivity index (χ0n) is 10.8. The van der Waals surface area contributed by atoms with Crippen LogP contribution in [0.25, 0.3) is 11.4 Å². The van der Waals surface area contributed by atoms with Crippen LogP contribution in [0.15, 0.2) is 28.9 Å². The lowest BCUT2D eigenvalue weighted by Crippen LogP contribution is -2.28. The van der Waals surface area contributed by atoms with E-state index < -0.39 is 0 Å². The maximum absolute atomic E-state index is 5.56. The minimum Gasteiger partial charge on any atom is -0.494 e. The molecule has 0 unspecified atom stereocenters. The average molecular weight is 322 g/mol. The van der Waals surface area contributed by atoms with Crippen molar-refractivity contribution in [3.63, 3.8) is 0 Å². The number of halogens is 1. The number of imidazole rings is 1. The molecule has 100 valence electrons. The van der Waals surface area contributed by atoms with Crippen molar-refractivity contribution in [3.8, 4) is 17.1 Å². The number of aromatic nitrogens is 2. The van der Waals surface area contributed by atoms with Crippen molar-refractivity contribution in [3.05, 3.63) is 34.6 Å². The van der Waals surface area contributed by atoms with E-state index in [0.29, 0.717) is 6.61 Å². The molecule has 1 aliphatic heterocycles. The zero-order valence-corrected chi connectivity index (χ0v) is 12.4. The van der Waals surface area contributed by atoms with Gasteiger partial charge in [0, 0.05) is 25.2 Å². The highest BCUT2D eigenvalue weighted by molar-refractivity contribution is 9.10. The molecule has 4 nitrogen and oxygen atoms in total. The molecule has 0 bridgehead atoms. The smallest absolute Gasteiger partial charge is 0.141 e. The first-order valence-electron chi connectivity index (χ1n) is 6.48. The fraction of sp³-hybridized carbons (Fsp3) is 0.357. The summed E-state index contributed by atoms with van der Waals surface area (Å²) in [6, 6.07) is 8.11. The number of hydrogen-bond acceptors (Lipinski definition) is 3. The lowest BCUT2D eigenvalue weighted by molar-refractivity contribution is 0.340. The Balaban J connectivity index is 2.04. The van der Waals surface area contributed by atoms with Crippen molar-refractivity contribution in [2.24, 2.45) is 0 Å². The second-order valence-corrected chi connectivity index (χ2v) is 5.21. The van der Waals surface area contributed by atoms with Crippen LogP contribution in [0.1, 0.15) is 12.6 Å². The first-order valence-corrected chi connectivity index (χ1v) is 7.27. The molecule has 0 aliphatic carbocycles. The summed E-state index contributed by atoms with van der Waals surface area (Å²) in [5.74, 6) is 1.90. The quantitative estimate of drug-likeness (QED) is 0.944. The van der Waals surface area contributed by atoms with Gasteiger partial charge in [-0.25, -0.2) is 4.98 Å². The summed E-state index contributed by atoms with van der Waals surface area (Å²) in [5, 5.41) is 3.36. The molecule has 1 aliphatic rings. The lowest BCUT2D eigenvalue weighted by Gasteiger charge is -2.18. The highest BCUT2D eigenvalue weighted by Crippen LogP contribution is 2.29. The largest absolute Gasteiger partial charge is 0.494 e. The summed E-state index contributed by atoms with van der Waals surface area (Å²) in [6.07, 6.45) is 0. The minimum atomic E-state index is 0.677. The van der Waals surface area contributed by atoms with Gasteiger partial charge in [0.25, 0.3) is 0 Å². The predicted molar refractivity (Wildman–Crippen MR) is 78.2 cm³/mol. The Morgan fingerprint density at radius 3 is 3.21 bits per heavy atom. The molecule has 2 aromatic rings. The van der Waals surface area contributed by atoms with E-state index in [1.54, 1.807) is 0 Å². The van der Waals surface area contributed by atoms with Crippen LogP contribution in [-0.4, -0.2) is 22.7 Å². The van der Waals surface area contributed by atoms with Crippen molar-refractivity contribution in [1.82, 2.24) is 14.9 Å². The Bertz CT molecular complexity index is 594. The van der Waals surface area contributed by atoms with E-state index in [1.165, 1.54) is 5.69 Å². The Kier molecular flexibility index (Phi) is 3.57. The van der Waals surface area contributed by atoms with Crippen LogP contribution in [0.5, 0.6) is 5.75 Å². The van der Waals surface area contributed by atoms with Gasteiger partial charge in [0.2, 0.25) is 0 Å². The molecule has 1 N–H and O–H groups in total. The monoisotopic (exact) mass is 321 g/mol. The summed E-state index contributed by atoms with van der Waals surface area (Å²) in [6.45, 7) is 5.46. The summed E-state index contributed by atoms with van der Waals surface area (Å²) in [7, 11) is 0. The molecule has 0 fully saturated rings. The molecule has 3 rings (SSSR count). The first-order chi connectivity index (χ1) is 9.29. The molecule has 0 saturated heterocycles. The van der Waals surface area contributed by atoms with Crippen LogP contribution >= 0.6 is 15.9 Å². The molecule has 19 heavy (non-hydrogen) atoms. The van der Waals surface area contributed by atoms with Gasteiger partial charge in [-0.05, 0) is 35.0 Å². The maximum atomic E-state index is 5.56. The van der Waals surface area contributed by atoms with Gasteiger partial charge >= 0.3 is 0 Å². The number of fused-ring (bicyclic) bond motifs is 1. The predicted octanol–water partition coefficient (Wildman–Crippen LogP) is 2.81. The number of nitrogens with one attached hydrogen (secondary N) is 1. The standard InChI is InChI=1S/C14H16BrN3O/c1-2-19-11-5-3-4-10(8-11)14-17-13(15)12-9-16-6-7-18(12)14/h3-5,8,16H,2,6-7,9H2,1H3. The molecule has 0 saturated carbocycles. The average Bonchev–Trinajstić information content (AvgIpc) is 2.78. The SMILES string of the molecule is CCOc1cccc(-c2nc(Br)c3n2CCNC3)c1. The molecule has 0 atom stereocenters. The van der Waals surface area contributed by atoms with Gasteiger partial charge in [-0.1, -0.05) is 12.1 Å². The maximum Gasteiger partial charge on any atom is 0.141 e. The highest BCUT2D eigenvalue weighted by Gasteiger charge is 2.19.